The molecule has 2 aliphatic heterocycles. The quantitative estimate of drug-likeness (QED) is 0.700. The molecule has 3 heterocycles. The van der Waals surface area contributed by atoms with Crippen molar-refractivity contribution in [1.29, 1.82) is 0 Å². The van der Waals surface area contributed by atoms with Crippen LogP contribution in [0.5, 0.6) is 0 Å². The second kappa shape index (κ2) is 7.63. The molecule has 0 aromatic carbocycles. The van der Waals surface area contributed by atoms with Gasteiger partial charge < -0.3 is 10.2 Å². The third kappa shape index (κ3) is 4.81. The molecule has 2 aliphatic rings. The Bertz CT molecular complexity index is 765. The van der Waals surface area contributed by atoms with E-state index in [1.54, 1.807) is 16.2 Å². The molecule has 2 N–H and O–H groups in total. The maximum absolute atomic E-state index is 12.9. The third-order valence-electron chi connectivity index (χ3n) is 4.62. The standard InChI is InChI=1S/C16H24N4O4S2/c1-11(21)17-15-10-19(9-14-4-3-5-25-14)8-13-6-12(18-26(2,23)24)7-20(13)16(15)22/h3-5,12-13,15,18H,6-10H2,1-2H3,(H,17,21)/t12-,13-,15-/m0/s1. The first kappa shape index (κ1) is 19.3. The van der Waals surface area contributed by atoms with Gasteiger partial charge in [-0.1, -0.05) is 6.07 Å². The van der Waals surface area contributed by atoms with Crippen molar-refractivity contribution < 1.29 is 18.0 Å². The molecule has 8 nitrogen and oxygen atoms in total. The van der Waals surface area contributed by atoms with Gasteiger partial charge in [-0.25, -0.2) is 13.1 Å². The van der Waals surface area contributed by atoms with E-state index in [4.69, 9.17) is 0 Å². The minimum absolute atomic E-state index is 0.0690. The summed E-state index contributed by atoms with van der Waals surface area (Å²) in [4.78, 5) is 29.6. The van der Waals surface area contributed by atoms with Crippen molar-refractivity contribution in [1.82, 2.24) is 19.8 Å². The smallest absolute Gasteiger partial charge is 0.246 e. The van der Waals surface area contributed by atoms with Gasteiger partial charge >= 0.3 is 0 Å². The number of amides is 2. The zero-order valence-electron chi connectivity index (χ0n) is 14.8. The lowest BCUT2D eigenvalue weighted by Crippen LogP contribution is -2.51. The number of hydrogen-bond donors (Lipinski definition) is 2. The van der Waals surface area contributed by atoms with Crippen molar-refractivity contribution in [2.24, 2.45) is 0 Å². The summed E-state index contributed by atoms with van der Waals surface area (Å²) in [7, 11) is -3.33. The Labute approximate surface area is 157 Å². The SMILES string of the molecule is CC(=O)N[C@H]1CN(Cc2cccs2)C[C@@H]2C[C@H](NS(C)(=O)=O)CN2C1=O. The summed E-state index contributed by atoms with van der Waals surface area (Å²) in [5.74, 6) is -0.389. The molecule has 10 heteroatoms. The first-order valence-corrected chi connectivity index (χ1v) is 11.3. The molecular formula is C16H24N4O4S2. The van der Waals surface area contributed by atoms with Crippen molar-refractivity contribution in [2.75, 3.05) is 25.9 Å². The van der Waals surface area contributed by atoms with Crippen LogP contribution in [0.4, 0.5) is 0 Å². The molecule has 0 aliphatic carbocycles. The normalized spacial score (nSPS) is 27.2. The van der Waals surface area contributed by atoms with Crippen LogP contribution >= 0.6 is 11.3 Å². The predicted molar refractivity (Wildman–Crippen MR) is 99.1 cm³/mol. The number of rotatable bonds is 5. The Kier molecular flexibility index (Phi) is 5.66. The van der Waals surface area contributed by atoms with Gasteiger partial charge in [0.1, 0.15) is 6.04 Å². The molecule has 144 valence electrons. The highest BCUT2D eigenvalue weighted by Crippen LogP contribution is 2.25. The van der Waals surface area contributed by atoms with E-state index in [1.165, 1.54) is 11.8 Å². The Morgan fingerprint density at radius 1 is 1.35 bits per heavy atom. The molecular weight excluding hydrogens is 376 g/mol. The second-order valence-electron chi connectivity index (χ2n) is 6.99. The molecule has 3 atom stereocenters. The van der Waals surface area contributed by atoms with Crippen molar-refractivity contribution in [3.8, 4) is 0 Å². The lowest BCUT2D eigenvalue weighted by Gasteiger charge is -2.24. The molecule has 0 unspecified atom stereocenters. The molecule has 1 aromatic heterocycles. The van der Waals surface area contributed by atoms with Crippen LogP contribution in [0.1, 0.15) is 18.2 Å². The number of carbonyl (C=O) groups is 2. The topological polar surface area (TPSA) is 98.8 Å². The van der Waals surface area contributed by atoms with Crippen molar-refractivity contribution in [3.05, 3.63) is 22.4 Å². The minimum Gasteiger partial charge on any atom is -0.343 e. The summed E-state index contributed by atoms with van der Waals surface area (Å²) in [5.41, 5.74) is 0. The minimum atomic E-state index is -3.33. The molecule has 0 spiro atoms. The van der Waals surface area contributed by atoms with Gasteiger partial charge in [-0.2, -0.15) is 0 Å². The fourth-order valence-electron chi connectivity index (χ4n) is 3.76. The van der Waals surface area contributed by atoms with E-state index in [0.29, 0.717) is 32.6 Å². The van der Waals surface area contributed by atoms with Gasteiger partial charge in [0.25, 0.3) is 0 Å². The van der Waals surface area contributed by atoms with Gasteiger partial charge in [-0.05, 0) is 17.9 Å². The number of fused-ring (bicyclic) bond motifs is 1. The fraction of sp³-hybridized carbons (Fsp3) is 0.625. The van der Waals surface area contributed by atoms with Crippen LogP contribution in [-0.2, 0) is 26.2 Å². The number of carbonyl (C=O) groups excluding carboxylic acids is 2. The maximum Gasteiger partial charge on any atom is 0.246 e. The average Bonchev–Trinajstić information content (AvgIpc) is 3.11. The van der Waals surface area contributed by atoms with Crippen LogP contribution in [0, 0.1) is 0 Å². The Morgan fingerprint density at radius 2 is 2.12 bits per heavy atom. The van der Waals surface area contributed by atoms with E-state index >= 15 is 0 Å². The van der Waals surface area contributed by atoms with Crippen LogP contribution < -0.4 is 10.0 Å². The van der Waals surface area contributed by atoms with E-state index < -0.39 is 16.1 Å². The summed E-state index contributed by atoms with van der Waals surface area (Å²) in [5, 5.41) is 4.76. The number of hydrogen-bond acceptors (Lipinski definition) is 6. The maximum atomic E-state index is 12.9. The molecule has 1 aromatic rings. The molecule has 0 bridgehead atoms. The van der Waals surface area contributed by atoms with Crippen molar-refractivity contribution in [2.45, 2.75) is 38.0 Å². The number of sulfonamides is 1. The summed E-state index contributed by atoms with van der Waals surface area (Å²) < 4.78 is 25.7. The molecule has 3 rings (SSSR count). The Hall–Kier alpha value is -1.49. The van der Waals surface area contributed by atoms with Gasteiger partial charge in [0, 0.05) is 50.1 Å². The van der Waals surface area contributed by atoms with E-state index in [1.807, 2.05) is 17.5 Å². The lowest BCUT2D eigenvalue weighted by atomic mass is 10.1. The largest absolute Gasteiger partial charge is 0.343 e. The fourth-order valence-corrected chi connectivity index (χ4v) is 5.28. The molecule has 0 saturated carbocycles. The highest BCUT2D eigenvalue weighted by molar-refractivity contribution is 7.88. The van der Waals surface area contributed by atoms with Crippen molar-refractivity contribution >= 4 is 33.2 Å². The molecule has 2 saturated heterocycles. The average molecular weight is 401 g/mol. The molecule has 26 heavy (non-hydrogen) atoms. The van der Waals surface area contributed by atoms with Crippen LogP contribution in [-0.4, -0.2) is 74.0 Å². The Balaban J connectivity index is 1.79. The summed E-state index contributed by atoms with van der Waals surface area (Å²) in [6.07, 6.45) is 1.70. The Morgan fingerprint density at radius 3 is 2.73 bits per heavy atom. The molecule has 2 amide bonds. The third-order valence-corrected chi connectivity index (χ3v) is 6.25. The first-order chi connectivity index (χ1) is 12.2. The van der Waals surface area contributed by atoms with Gasteiger partial charge in [0.2, 0.25) is 21.8 Å². The van der Waals surface area contributed by atoms with Crippen LogP contribution in [0.2, 0.25) is 0 Å². The van der Waals surface area contributed by atoms with E-state index in [0.717, 1.165) is 6.26 Å². The summed E-state index contributed by atoms with van der Waals surface area (Å²) >= 11 is 1.65. The highest BCUT2D eigenvalue weighted by Gasteiger charge is 2.42. The van der Waals surface area contributed by atoms with Crippen LogP contribution in [0.25, 0.3) is 0 Å². The zero-order valence-corrected chi connectivity index (χ0v) is 16.5. The first-order valence-electron chi connectivity index (χ1n) is 8.51. The van der Waals surface area contributed by atoms with Crippen LogP contribution in [0.15, 0.2) is 17.5 Å². The number of nitrogens with zero attached hydrogens (tertiary/aromatic N) is 2. The highest BCUT2D eigenvalue weighted by atomic mass is 32.2. The van der Waals surface area contributed by atoms with E-state index in [9.17, 15) is 18.0 Å². The summed E-state index contributed by atoms with van der Waals surface area (Å²) in [6.45, 7) is 3.54. The van der Waals surface area contributed by atoms with Gasteiger partial charge in [0.15, 0.2) is 0 Å². The predicted octanol–water partition coefficient (Wildman–Crippen LogP) is -0.413. The van der Waals surface area contributed by atoms with E-state index in [-0.39, 0.29) is 23.9 Å². The van der Waals surface area contributed by atoms with Crippen LogP contribution in [0.3, 0.4) is 0 Å². The van der Waals surface area contributed by atoms with Gasteiger partial charge in [-0.15, -0.1) is 11.3 Å². The lowest BCUT2D eigenvalue weighted by molar-refractivity contribution is -0.135. The number of nitrogens with one attached hydrogen (secondary N) is 2. The van der Waals surface area contributed by atoms with E-state index in [2.05, 4.69) is 14.9 Å². The second-order valence-corrected chi connectivity index (χ2v) is 9.81. The van der Waals surface area contributed by atoms with Gasteiger partial charge in [0.05, 0.1) is 6.26 Å². The molecule has 0 radical (unpaired) electrons. The zero-order chi connectivity index (χ0) is 18.9. The monoisotopic (exact) mass is 400 g/mol. The van der Waals surface area contributed by atoms with Gasteiger partial charge in [-0.3, -0.25) is 14.5 Å². The molecule has 2 fully saturated rings. The van der Waals surface area contributed by atoms with Crippen molar-refractivity contribution in [3.63, 3.8) is 0 Å². The summed E-state index contributed by atoms with van der Waals surface area (Å²) in [6, 6.07) is 3.06. The number of thiophene rings is 1.